The van der Waals surface area contributed by atoms with Gasteiger partial charge < -0.3 is 5.32 Å². The summed E-state index contributed by atoms with van der Waals surface area (Å²) in [7, 11) is 1.31. The van der Waals surface area contributed by atoms with Crippen LogP contribution in [0.25, 0.3) is 0 Å². The molecule has 0 bridgehead atoms. The van der Waals surface area contributed by atoms with Gasteiger partial charge in [0.1, 0.15) is 0 Å². The summed E-state index contributed by atoms with van der Waals surface area (Å²) in [5.41, 5.74) is 0. The van der Waals surface area contributed by atoms with Gasteiger partial charge in [-0.05, 0) is 0 Å². The zero-order valence-corrected chi connectivity index (χ0v) is 5.11. The molecular formula is C4H7BFNO2. The van der Waals surface area contributed by atoms with Crippen LogP contribution in [0.5, 0.6) is 0 Å². The summed E-state index contributed by atoms with van der Waals surface area (Å²) in [6, 6.07) is -1.40. The smallest absolute Gasteiger partial charge is 0.303 e. The average molecular weight is 131 g/mol. The van der Waals surface area contributed by atoms with E-state index < -0.39 is 6.04 Å². The van der Waals surface area contributed by atoms with Crippen LogP contribution in [-0.2, 0) is 4.79 Å². The van der Waals surface area contributed by atoms with Gasteiger partial charge in [0.15, 0.2) is 5.81 Å². The van der Waals surface area contributed by atoms with E-state index in [1.807, 2.05) is 0 Å². The molecule has 0 saturated carbocycles. The predicted octanol–water partition coefficient (Wildman–Crippen LogP) is -0.785. The first-order valence-corrected chi connectivity index (χ1v) is 2.55. The van der Waals surface area contributed by atoms with E-state index in [1.165, 1.54) is 7.85 Å². The van der Waals surface area contributed by atoms with Gasteiger partial charge in [0.25, 0.3) is 0 Å². The Kier molecular flexibility index (Phi) is 3.67. The highest BCUT2D eigenvalue weighted by atomic mass is 19.1. The molecule has 0 aliphatic carbocycles. The van der Waals surface area contributed by atoms with Crippen LogP contribution in [0.1, 0.15) is 6.42 Å². The van der Waals surface area contributed by atoms with Gasteiger partial charge in [0, 0.05) is 6.54 Å². The number of halogens is 1. The number of rotatable bonds is 3. The van der Waals surface area contributed by atoms with Gasteiger partial charge in [-0.25, -0.2) is 0 Å². The third-order valence-electron chi connectivity index (χ3n) is 0.695. The minimum absolute atomic E-state index is 0.0880. The molecule has 0 rings (SSSR count). The average Bonchev–Trinajstić information content (AvgIpc) is 1.63. The Morgan fingerprint density at radius 1 is 1.56 bits per heavy atom. The minimum Gasteiger partial charge on any atom is -0.365 e. The Morgan fingerprint density at radius 2 is 2.11 bits per heavy atom. The Balaban J connectivity index is 3.10. The second-order valence-corrected chi connectivity index (χ2v) is 1.59. The predicted molar refractivity (Wildman–Crippen MR) is 32.7 cm³/mol. The van der Waals surface area contributed by atoms with Gasteiger partial charge in [-0.15, -0.1) is 0 Å². The highest BCUT2D eigenvalue weighted by Gasteiger charge is 1.96. The lowest BCUT2D eigenvalue weighted by atomic mass is 10.1. The highest BCUT2D eigenvalue weighted by Crippen LogP contribution is 1.79. The van der Waals surface area contributed by atoms with Crippen molar-refractivity contribution in [1.82, 2.24) is 5.32 Å². The molecule has 0 unspecified atom stereocenters. The lowest BCUT2D eigenvalue weighted by Crippen LogP contribution is -2.23. The van der Waals surface area contributed by atoms with Gasteiger partial charge in [-0.2, -0.15) is 4.39 Å². The van der Waals surface area contributed by atoms with Gasteiger partial charge in [-0.1, -0.05) is 0 Å². The normalized spacial score (nSPS) is 8.56. The van der Waals surface area contributed by atoms with Crippen molar-refractivity contribution in [2.75, 3.05) is 6.54 Å². The van der Waals surface area contributed by atoms with E-state index in [9.17, 15) is 14.0 Å². The number of nitrogens with one attached hydrogen (secondary N) is 1. The molecule has 5 heteroatoms. The number of amides is 1. The maximum atomic E-state index is 11.4. The largest absolute Gasteiger partial charge is 0.365 e. The summed E-state index contributed by atoms with van der Waals surface area (Å²) in [6.07, 6.45) is -0.237. The van der Waals surface area contributed by atoms with Crippen molar-refractivity contribution in [1.29, 1.82) is 0 Å². The Hall–Kier alpha value is -0.865. The molecule has 0 spiro atoms. The van der Waals surface area contributed by atoms with Crippen molar-refractivity contribution in [3.8, 4) is 0 Å². The van der Waals surface area contributed by atoms with E-state index >= 15 is 0 Å². The fourth-order valence-corrected chi connectivity index (χ4v) is 0.337. The van der Waals surface area contributed by atoms with E-state index in [4.69, 9.17) is 0 Å². The number of hydrogen-bond donors (Lipinski definition) is 1. The summed E-state index contributed by atoms with van der Waals surface area (Å²) in [6.45, 7) is 0.0880. The van der Waals surface area contributed by atoms with E-state index in [2.05, 4.69) is 5.32 Å². The molecule has 0 radical (unpaired) electrons. The zero-order valence-electron chi connectivity index (χ0n) is 5.11. The SMILES string of the molecule is BC(=O)NCCC(=O)F. The quantitative estimate of drug-likeness (QED) is 0.403. The minimum atomic E-state index is -1.40. The Bertz CT molecular complexity index is 114. The lowest BCUT2D eigenvalue weighted by molar-refractivity contribution is -0.129. The van der Waals surface area contributed by atoms with Crippen LogP contribution in [0.2, 0.25) is 0 Å². The number of carbonyl (C=O) groups is 2. The van der Waals surface area contributed by atoms with Crippen molar-refractivity contribution >= 4 is 19.7 Å². The fraction of sp³-hybridized carbons (Fsp3) is 0.500. The van der Waals surface area contributed by atoms with Gasteiger partial charge in [0.2, 0.25) is 7.85 Å². The fourth-order valence-electron chi connectivity index (χ4n) is 0.337. The first-order chi connectivity index (χ1) is 4.13. The Labute approximate surface area is 53.0 Å². The van der Waals surface area contributed by atoms with Crippen LogP contribution >= 0.6 is 0 Å². The topological polar surface area (TPSA) is 46.2 Å². The van der Waals surface area contributed by atoms with Crippen LogP contribution in [0.4, 0.5) is 9.18 Å². The number of hydrogen-bond acceptors (Lipinski definition) is 2. The first-order valence-electron chi connectivity index (χ1n) is 2.55. The molecule has 1 N–H and O–H groups in total. The molecule has 0 aromatic heterocycles. The second-order valence-electron chi connectivity index (χ2n) is 1.59. The zero-order chi connectivity index (χ0) is 7.28. The molecule has 50 valence electrons. The van der Waals surface area contributed by atoms with Crippen molar-refractivity contribution in [2.24, 2.45) is 0 Å². The van der Waals surface area contributed by atoms with Crippen molar-refractivity contribution in [2.45, 2.75) is 6.42 Å². The van der Waals surface area contributed by atoms with E-state index in [1.54, 1.807) is 0 Å². The van der Waals surface area contributed by atoms with E-state index in [0.29, 0.717) is 0 Å². The standard InChI is InChI=1S/C4H7BFNO2/c5-4(9)7-2-1-3(6)8/h1-2,5H2,(H,7,9). The summed E-state index contributed by atoms with van der Waals surface area (Å²) < 4.78 is 11.4. The molecule has 3 nitrogen and oxygen atoms in total. The molecule has 1 amide bonds. The third kappa shape index (κ3) is 7.13. The van der Waals surface area contributed by atoms with Gasteiger partial charge in [-0.3, -0.25) is 9.59 Å². The van der Waals surface area contributed by atoms with Crippen LogP contribution in [0.15, 0.2) is 0 Å². The molecular weight excluding hydrogens is 124 g/mol. The molecule has 0 aromatic carbocycles. The molecule has 9 heavy (non-hydrogen) atoms. The lowest BCUT2D eigenvalue weighted by Gasteiger charge is -1.95. The van der Waals surface area contributed by atoms with Gasteiger partial charge >= 0.3 is 6.04 Å². The molecule has 0 saturated heterocycles. The molecule has 0 aliphatic heterocycles. The summed E-state index contributed by atoms with van der Waals surface area (Å²) >= 11 is 0. The molecule has 0 aliphatic rings. The van der Waals surface area contributed by atoms with Crippen molar-refractivity contribution in [3.63, 3.8) is 0 Å². The van der Waals surface area contributed by atoms with Crippen LogP contribution in [0, 0.1) is 0 Å². The van der Waals surface area contributed by atoms with Crippen molar-refractivity contribution in [3.05, 3.63) is 0 Å². The summed E-state index contributed by atoms with van der Waals surface area (Å²) in [4.78, 5) is 19.7. The number of carbonyl (C=O) groups excluding carboxylic acids is 2. The maximum Gasteiger partial charge on any atom is 0.303 e. The maximum absolute atomic E-state index is 11.4. The van der Waals surface area contributed by atoms with Crippen LogP contribution in [-0.4, -0.2) is 26.2 Å². The molecule has 0 aromatic rings. The summed E-state index contributed by atoms with van der Waals surface area (Å²) in [5.74, 6) is -0.253. The molecule has 0 atom stereocenters. The van der Waals surface area contributed by atoms with Crippen molar-refractivity contribution < 1.29 is 14.0 Å². The van der Waals surface area contributed by atoms with E-state index in [0.717, 1.165) is 0 Å². The molecule has 0 heterocycles. The second kappa shape index (κ2) is 4.06. The van der Waals surface area contributed by atoms with E-state index in [-0.39, 0.29) is 18.8 Å². The third-order valence-corrected chi connectivity index (χ3v) is 0.695. The monoisotopic (exact) mass is 131 g/mol. The Morgan fingerprint density at radius 3 is 2.44 bits per heavy atom. The van der Waals surface area contributed by atoms with Crippen LogP contribution < -0.4 is 5.32 Å². The summed E-state index contributed by atoms with van der Waals surface area (Å²) in [5, 5.41) is 2.28. The van der Waals surface area contributed by atoms with Crippen LogP contribution in [0.3, 0.4) is 0 Å². The highest BCUT2D eigenvalue weighted by molar-refractivity contribution is 6.57. The van der Waals surface area contributed by atoms with Gasteiger partial charge in [0.05, 0.1) is 6.42 Å². The molecule has 0 fully saturated rings. The first kappa shape index (κ1) is 8.13.